The Balaban J connectivity index is 1.84. The fourth-order valence-electron chi connectivity index (χ4n) is 6.41. The third-order valence-electron chi connectivity index (χ3n) is 7.85. The third-order valence-corrected chi connectivity index (χ3v) is 8.73. The lowest BCUT2D eigenvalue weighted by Crippen LogP contribution is -2.57. The largest absolute Gasteiger partial charge is 0.346 e. The molecule has 6 atom stereocenters. The van der Waals surface area contributed by atoms with Crippen LogP contribution in [0, 0.1) is 22.7 Å². The first-order valence-electron chi connectivity index (χ1n) is 10.8. The van der Waals surface area contributed by atoms with Gasteiger partial charge in [-0.15, -0.1) is 0 Å². The smallest absolute Gasteiger partial charge is 0.226 e. The maximum atomic E-state index is 13.3. The normalized spacial score (nSPS) is 41.1. The van der Waals surface area contributed by atoms with Gasteiger partial charge in [-0.2, -0.15) is 0 Å². The lowest BCUT2D eigenvalue weighted by atomic mass is 9.46. The molecule has 0 aromatic rings. The van der Waals surface area contributed by atoms with Gasteiger partial charge >= 0.3 is 0 Å². The topological polar surface area (TPSA) is 63.2 Å². The molecular weight excluding hydrogens is 465 g/mol. The highest BCUT2D eigenvalue weighted by Crippen LogP contribution is 2.63. The summed E-state index contributed by atoms with van der Waals surface area (Å²) in [7, 11) is 0. The highest BCUT2D eigenvalue weighted by atomic mass is 127. The van der Waals surface area contributed by atoms with E-state index in [1.54, 1.807) is 5.57 Å². The molecule has 3 rings (SSSR count). The minimum absolute atomic E-state index is 0.0000123. The second-order valence-corrected chi connectivity index (χ2v) is 12.6. The molecule has 3 aliphatic carbocycles. The molecule has 2 fully saturated rings. The molecule has 0 heterocycles. The zero-order valence-electron chi connectivity index (χ0n) is 17.4. The van der Waals surface area contributed by atoms with Gasteiger partial charge in [-0.25, -0.2) is 0 Å². The minimum atomic E-state index is -0.562. The Kier molecular flexibility index (Phi) is 6.43. The van der Waals surface area contributed by atoms with Crippen molar-refractivity contribution < 1.29 is 14.4 Å². The molecule has 28 heavy (non-hydrogen) atoms. The third kappa shape index (κ3) is 3.97. The predicted octanol–water partition coefficient (Wildman–Crippen LogP) is 4.79. The number of fused-ring (bicyclic) bond motifs is 3. The van der Waals surface area contributed by atoms with Crippen LogP contribution in [0.4, 0.5) is 0 Å². The fraction of sp³-hybridized carbons (Fsp3) is 0.783. The number of halogens is 1. The average Bonchev–Trinajstić information content (AvgIpc) is 2.63. The number of amides is 1. The van der Waals surface area contributed by atoms with Crippen LogP contribution >= 0.6 is 22.6 Å². The molecule has 0 aromatic heterocycles. The van der Waals surface area contributed by atoms with Gasteiger partial charge in [0.1, 0.15) is 12.6 Å². The lowest BCUT2D eigenvalue weighted by molar-refractivity contribution is -0.143. The predicted molar refractivity (Wildman–Crippen MR) is 119 cm³/mol. The second-order valence-electron chi connectivity index (χ2n) is 9.96. The summed E-state index contributed by atoms with van der Waals surface area (Å²) in [5.74, 6) is 0.964. The average molecular weight is 499 g/mol. The lowest BCUT2D eigenvalue weighted by Gasteiger charge is -2.58. The highest BCUT2D eigenvalue weighted by molar-refractivity contribution is 14.1. The first-order chi connectivity index (χ1) is 13.2. The molecule has 5 heteroatoms. The number of aldehydes is 2. The molecule has 0 saturated heterocycles. The summed E-state index contributed by atoms with van der Waals surface area (Å²) >= 11 is 2.61. The molecular formula is C23H34INO3. The van der Waals surface area contributed by atoms with E-state index in [4.69, 9.17) is 0 Å². The molecule has 2 saturated carbocycles. The van der Waals surface area contributed by atoms with Crippen molar-refractivity contribution in [3.8, 4) is 0 Å². The van der Waals surface area contributed by atoms with Crippen LogP contribution in [0.15, 0.2) is 11.6 Å². The fourth-order valence-corrected chi connectivity index (χ4v) is 7.16. The van der Waals surface area contributed by atoms with Gasteiger partial charge in [0.2, 0.25) is 5.91 Å². The van der Waals surface area contributed by atoms with Crippen LogP contribution in [-0.2, 0) is 14.4 Å². The molecule has 2 unspecified atom stereocenters. The Morgan fingerprint density at radius 2 is 2.04 bits per heavy atom. The Hall–Kier alpha value is -0.720. The van der Waals surface area contributed by atoms with Gasteiger partial charge in [-0.3, -0.25) is 4.79 Å². The van der Waals surface area contributed by atoms with E-state index >= 15 is 0 Å². The number of alkyl halides is 1. The molecule has 1 N–H and O–H groups in total. The second kappa shape index (κ2) is 8.19. The van der Waals surface area contributed by atoms with Crippen molar-refractivity contribution in [1.82, 2.24) is 5.32 Å². The van der Waals surface area contributed by atoms with E-state index < -0.39 is 11.5 Å². The molecule has 0 spiro atoms. The summed E-state index contributed by atoms with van der Waals surface area (Å²) in [4.78, 5) is 35.4. The van der Waals surface area contributed by atoms with Crippen LogP contribution in [0.3, 0.4) is 0 Å². The van der Waals surface area contributed by atoms with Gasteiger partial charge in [-0.1, -0.05) is 61.4 Å². The Bertz CT molecular complexity index is 673. The summed E-state index contributed by atoms with van der Waals surface area (Å²) in [5, 5.41) is 2.96. The summed E-state index contributed by atoms with van der Waals surface area (Å²) in [6, 6.07) is -0.562. The zero-order valence-corrected chi connectivity index (χ0v) is 19.6. The molecule has 0 aromatic carbocycles. The van der Waals surface area contributed by atoms with Gasteiger partial charge in [0.05, 0.1) is 11.5 Å². The summed E-state index contributed by atoms with van der Waals surface area (Å²) in [6.45, 7) is 6.85. The van der Waals surface area contributed by atoms with Crippen molar-refractivity contribution in [2.45, 2.75) is 88.0 Å². The summed E-state index contributed by atoms with van der Waals surface area (Å²) in [5.41, 5.74) is 1.23. The minimum Gasteiger partial charge on any atom is -0.346 e. The quantitative estimate of drug-likeness (QED) is 0.248. The van der Waals surface area contributed by atoms with E-state index in [1.165, 1.54) is 6.42 Å². The molecule has 1 amide bonds. The maximum Gasteiger partial charge on any atom is 0.226 e. The van der Waals surface area contributed by atoms with E-state index in [2.05, 4.69) is 54.8 Å². The van der Waals surface area contributed by atoms with Gasteiger partial charge in [0, 0.05) is 9.84 Å². The number of rotatable bonds is 6. The molecule has 0 radical (unpaired) electrons. The van der Waals surface area contributed by atoms with Gasteiger partial charge < -0.3 is 14.9 Å². The monoisotopic (exact) mass is 499 g/mol. The van der Waals surface area contributed by atoms with Crippen molar-refractivity contribution in [1.29, 1.82) is 0 Å². The van der Waals surface area contributed by atoms with Crippen LogP contribution in [0.1, 0.15) is 78.6 Å². The Morgan fingerprint density at radius 1 is 1.29 bits per heavy atom. The van der Waals surface area contributed by atoms with E-state index in [1.807, 2.05) is 0 Å². The Labute approximate surface area is 182 Å². The standard InChI is InChI=1S/C23H34INO3/c1-21(24)12-9-18-16(14-21)7-8-19-22(18,2)10-5-11-23(19,3)20(28)25-17(15-27)6-4-13-26/h9,13,15-17,19H,4-8,10-12,14H2,1-3H3,(H,25,28)/t16?,17-,19?,21-,22-,23+/m0/s1. The van der Waals surface area contributed by atoms with E-state index in [9.17, 15) is 14.4 Å². The number of nitrogens with one attached hydrogen (secondary N) is 1. The van der Waals surface area contributed by atoms with Crippen molar-refractivity contribution in [3.63, 3.8) is 0 Å². The Morgan fingerprint density at radius 3 is 2.71 bits per heavy atom. The SMILES string of the molecule is C[C@]1(I)CC=C2C(CCC3[C@](C)(C(=O)N[C@H](C=O)CCC=O)CCC[C@@]23C)C1. The molecule has 0 bridgehead atoms. The van der Waals surface area contributed by atoms with Crippen LogP contribution < -0.4 is 5.32 Å². The van der Waals surface area contributed by atoms with Crippen LogP contribution in [0.2, 0.25) is 0 Å². The summed E-state index contributed by atoms with van der Waals surface area (Å²) < 4.78 is 0.347. The highest BCUT2D eigenvalue weighted by Gasteiger charge is 2.57. The summed E-state index contributed by atoms with van der Waals surface area (Å²) in [6.07, 6.45) is 12.4. The zero-order chi connectivity index (χ0) is 20.6. The number of hydrogen-bond acceptors (Lipinski definition) is 3. The van der Waals surface area contributed by atoms with E-state index in [0.29, 0.717) is 28.1 Å². The van der Waals surface area contributed by atoms with E-state index in [0.717, 1.165) is 51.1 Å². The molecule has 0 aliphatic heterocycles. The van der Waals surface area contributed by atoms with Crippen molar-refractivity contribution in [3.05, 3.63) is 11.6 Å². The van der Waals surface area contributed by atoms with Gasteiger partial charge in [0.25, 0.3) is 0 Å². The van der Waals surface area contributed by atoms with Crippen LogP contribution in [0.25, 0.3) is 0 Å². The number of carbonyl (C=O) groups is 3. The number of hydrogen-bond donors (Lipinski definition) is 1. The number of carbonyl (C=O) groups excluding carboxylic acids is 3. The van der Waals surface area contributed by atoms with Crippen LogP contribution in [0.5, 0.6) is 0 Å². The first-order valence-corrected chi connectivity index (χ1v) is 11.8. The van der Waals surface area contributed by atoms with Crippen molar-refractivity contribution in [2.75, 3.05) is 0 Å². The molecule has 156 valence electrons. The maximum absolute atomic E-state index is 13.3. The van der Waals surface area contributed by atoms with Crippen molar-refractivity contribution in [2.24, 2.45) is 22.7 Å². The molecule has 3 aliphatic rings. The number of allylic oxidation sites excluding steroid dienone is 2. The van der Waals surface area contributed by atoms with Crippen molar-refractivity contribution >= 4 is 41.1 Å². The van der Waals surface area contributed by atoms with Gasteiger partial charge in [0.15, 0.2) is 0 Å². The van der Waals surface area contributed by atoms with Gasteiger partial charge in [-0.05, 0) is 62.2 Å². The molecule has 4 nitrogen and oxygen atoms in total. The van der Waals surface area contributed by atoms with Crippen LogP contribution in [-0.4, -0.2) is 27.9 Å². The van der Waals surface area contributed by atoms with E-state index in [-0.39, 0.29) is 11.3 Å². The first kappa shape index (κ1) is 22.0.